The van der Waals surface area contributed by atoms with E-state index >= 15 is 0 Å². The van der Waals surface area contributed by atoms with Crippen LogP contribution in [0.5, 0.6) is 0 Å². The first-order chi connectivity index (χ1) is 9.15. The molecule has 0 bridgehead atoms. The van der Waals surface area contributed by atoms with Gasteiger partial charge < -0.3 is 10.0 Å². The van der Waals surface area contributed by atoms with Crippen LogP contribution >= 0.6 is 12.4 Å². The van der Waals surface area contributed by atoms with Crippen LogP contribution in [0.3, 0.4) is 0 Å². The van der Waals surface area contributed by atoms with Crippen LogP contribution in [0, 0.1) is 0 Å². The number of benzene rings is 1. The lowest BCUT2D eigenvalue weighted by Gasteiger charge is -2.26. The average Bonchev–Trinajstić information content (AvgIpc) is 2.90. The van der Waals surface area contributed by atoms with E-state index in [1.807, 2.05) is 12.1 Å². The second kappa shape index (κ2) is 7.50. The van der Waals surface area contributed by atoms with Crippen LogP contribution in [-0.4, -0.2) is 48.2 Å². The third kappa shape index (κ3) is 3.64. The minimum Gasteiger partial charge on any atom is -0.478 e. The molecule has 0 saturated carbocycles. The van der Waals surface area contributed by atoms with Crippen molar-refractivity contribution in [2.75, 3.05) is 31.1 Å². The van der Waals surface area contributed by atoms with Gasteiger partial charge in [0.25, 0.3) is 0 Å². The number of carboxylic acid groups (broad SMARTS) is 1. The van der Waals surface area contributed by atoms with Crippen molar-refractivity contribution in [2.24, 2.45) is 0 Å². The first-order valence-electron chi connectivity index (χ1n) is 6.98. The fourth-order valence-corrected chi connectivity index (χ4v) is 2.83. The number of hydrogen-bond donors (Lipinski definition) is 1. The van der Waals surface area contributed by atoms with E-state index in [-0.39, 0.29) is 12.4 Å². The zero-order valence-electron chi connectivity index (χ0n) is 12.1. The van der Waals surface area contributed by atoms with E-state index in [1.54, 1.807) is 12.1 Å². The second-order valence-electron chi connectivity index (χ2n) is 4.96. The highest BCUT2D eigenvalue weighted by atomic mass is 35.5. The lowest BCUT2D eigenvalue weighted by atomic mass is 10.2. The molecule has 112 valence electrons. The van der Waals surface area contributed by atoms with Crippen molar-refractivity contribution >= 4 is 24.1 Å². The number of halogens is 1. The summed E-state index contributed by atoms with van der Waals surface area (Å²) in [5.41, 5.74) is 1.47. The highest BCUT2D eigenvalue weighted by Gasteiger charge is 2.26. The van der Waals surface area contributed by atoms with E-state index in [9.17, 15) is 4.79 Å². The number of carbonyl (C=O) groups is 1. The normalized spacial score (nSPS) is 18.1. The summed E-state index contributed by atoms with van der Waals surface area (Å²) < 4.78 is 0. The minimum atomic E-state index is -0.867. The molecule has 5 heteroatoms. The van der Waals surface area contributed by atoms with E-state index in [1.165, 1.54) is 6.42 Å². The highest BCUT2D eigenvalue weighted by molar-refractivity contribution is 5.88. The first-order valence-corrected chi connectivity index (χ1v) is 6.98. The molecule has 1 aromatic carbocycles. The Morgan fingerprint density at radius 3 is 2.40 bits per heavy atom. The Hall–Kier alpha value is -1.26. The fraction of sp³-hybridized carbons (Fsp3) is 0.533. The number of anilines is 1. The van der Waals surface area contributed by atoms with E-state index in [0.717, 1.165) is 31.9 Å². The topological polar surface area (TPSA) is 43.8 Å². The first kappa shape index (κ1) is 16.8. The van der Waals surface area contributed by atoms with Gasteiger partial charge in [0.1, 0.15) is 0 Å². The summed E-state index contributed by atoms with van der Waals surface area (Å²) >= 11 is 0. The Morgan fingerprint density at radius 2 is 1.90 bits per heavy atom. The summed E-state index contributed by atoms with van der Waals surface area (Å²) in [4.78, 5) is 15.7. The molecule has 1 aliphatic rings. The summed E-state index contributed by atoms with van der Waals surface area (Å²) in [6.45, 7) is 8.67. The van der Waals surface area contributed by atoms with Crippen molar-refractivity contribution in [1.29, 1.82) is 0 Å². The second-order valence-corrected chi connectivity index (χ2v) is 4.96. The Balaban J connectivity index is 0.00000200. The number of carboxylic acids is 1. The van der Waals surface area contributed by atoms with E-state index in [2.05, 4.69) is 23.6 Å². The van der Waals surface area contributed by atoms with Crippen molar-refractivity contribution in [3.63, 3.8) is 0 Å². The van der Waals surface area contributed by atoms with Crippen LogP contribution in [0.1, 0.15) is 30.6 Å². The average molecular weight is 299 g/mol. The monoisotopic (exact) mass is 298 g/mol. The molecule has 1 aliphatic heterocycles. The minimum absolute atomic E-state index is 0. The van der Waals surface area contributed by atoms with Crippen LogP contribution < -0.4 is 4.90 Å². The number of aromatic carboxylic acids is 1. The van der Waals surface area contributed by atoms with Gasteiger partial charge in [-0.25, -0.2) is 4.79 Å². The van der Waals surface area contributed by atoms with Crippen molar-refractivity contribution in [2.45, 2.75) is 26.3 Å². The molecule has 0 spiro atoms. The Kier molecular flexibility index (Phi) is 6.30. The van der Waals surface area contributed by atoms with Crippen LogP contribution in [-0.2, 0) is 0 Å². The third-order valence-electron chi connectivity index (χ3n) is 3.97. The molecule has 1 heterocycles. The van der Waals surface area contributed by atoms with Crippen LogP contribution in [0.15, 0.2) is 24.3 Å². The number of likely N-dealkylation sites (N-methyl/N-ethyl adjacent to an activating group) is 1. The molecule has 20 heavy (non-hydrogen) atoms. The number of rotatable bonds is 5. The molecule has 1 N–H and O–H groups in total. The van der Waals surface area contributed by atoms with E-state index in [4.69, 9.17) is 5.11 Å². The molecule has 0 aliphatic carbocycles. The van der Waals surface area contributed by atoms with Crippen LogP contribution in [0.4, 0.5) is 5.69 Å². The van der Waals surface area contributed by atoms with Crippen molar-refractivity contribution < 1.29 is 9.90 Å². The zero-order valence-corrected chi connectivity index (χ0v) is 12.9. The molecule has 1 saturated heterocycles. The molecular formula is C15H23ClN2O2. The maximum atomic E-state index is 10.8. The smallest absolute Gasteiger partial charge is 0.335 e. The van der Waals surface area contributed by atoms with Crippen molar-refractivity contribution in [3.8, 4) is 0 Å². The molecule has 0 aromatic heterocycles. The predicted octanol–water partition coefficient (Wildman–Crippen LogP) is 2.73. The van der Waals surface area contributed by atoms with Gasteiger partial charge in [-0.05, 0) is 43.8 Å². The van der Waals surface area contributed by atoms with Crippen LogP contribution in [0.2, 0.25) is 0 Å². The summed E-state index contributed by atoms with van der Waals surface area (Å²) in [5, 5.41) is 8.90. The van der Waals surface area contributed by atoms with Gasteiger partial charge in [-0.2, -0.15) is 0 Å². The molecule has 2 rings (SSSR count). The fourth-order valence-electron chi connectivity index (χ4n) is 2.83. The number of hydrogen-bond acceptors (Lipinski definition) is 3. The summed E-state index contributed by atoms with van der Waals surface area (Å²) in [6, 6.07) is 7.81. The SMILES string of the molecule is CCN(CC)C1CCN(c2ccc(C(=O)O)cc2)C1.Cl. The van der Waals surface area contributed by atoms with Gasteiger partial charge in [-0.15, -0.1) is 12.4 Å². The van der Waals surface area contributed by atoms with Gasteiger partial charge in [0.2, 0.25) is 0 Å². The van der Waals surface area contributed by atoms with E-state index in [0.29, 0.717) is 11.6 Å². The lowest BCUT2D eigenvalue weighted by Crippen LogP contribution is -2.37. The maximum absolute atomic E-state index is 10.8. The predicted molar refractivity (Wildman–Crippen MR) is 84.2 cm³/mol. The summed E-state index contributed by atoms with van der Waals surface area (Å²) in [5.74, 6) is -0.867. The molecule has 1 fully saturated rings. The zero-order chi connectivity index (χ0) is 13.8. The van der Waals surface area contributed by atoms with Gasteiger partial charge in [0, 0.05) is 24.8 Å². The van der Waals surface area contributed by atoms with Gasteiger partial charge in [-0.3, -0.25) is 4.90 Å². The Bertz CT molecular complexity index is 432. The largest absolute Gasteiger partial charge is 0.478 e. The molecule has 1 atom stereocenters. The van der Waals surface area contributed by atoms with E-state index < -0.39 is 5.97 Å². The van der Waals surface area contributed by atoms with Crippen molar-refractivity contribution in [1.82, 2.24) is 4.90 Å². The van der Waals surface area contributed by atoms with Gasteiger partial charge in [0.05, 0.1) is 5.56 Å². The Labute approximate surface area is 126 Å². The third-order valence-corrected chi connectivity index (χ3v) is 3.97. The maximum Gasteiger partial charge on any atom is 0.335 e. The lowest BCUT2D eigenvalue weighted by molar-refractivity contribution is 0.0697. The molecule has 1 aromatic rings. The summed E-state index contributed by atoms with van der Waals surface area (Å²) in [6.07, 6.45) is 1.18. The van der Waals surface area contributed by atoms with Gasteiger partial charge in [-0.1, -0.05) is 13.8 Å². The molecular weight excluding hydrogens is 276 g/mol. The summed E-state index contributed by atoms with van der Waals surface area (Å²) in [7, 11) is 0. The molecule has 1 unspecified atom stereocenters. The van der Waals surface area contributed by atoms with Gasteiger partial charge in [0.15, 0.2) is 0 Å². The highest BCUT2D eigenvalue weighted by Crippen LogP contribution is 2.23. The quantitative estimate of drug-likeness (QED) is 0.908. The number of nitrogens with zero attached hydrogens (tertiary/aromatic N) is 2. The standard InChI is InChI=1S/C15H22N2O2.ClH/c1-3-16(4-2)14-9-10-17(11-14)13-7-5-12(6-8-13)15(18)19;/h5-8,14H,3-4,9-11H2,1-2H3,(H,18,19);1H. The molecule has 4 nitrogen and oxygen atoms in total. The van der Waals surface area contributed by atoms with Crippen molar-refractivity contribution in [3.05, 3.63) is 29.8 Å². The van der Waals surface area contributed by atoms with Gasteiger partial charge >= 0.3 is 5.97 Å². The molecule has 0 amide bonds. The molecule has 0 radical (unpaired) electrons. The van der Waals surface area contributed by atoms with Crippen LogP contribution in [0.25, 0.3) is 0 Å². The Morgan fingerprint density at radius 1 is 1.30 bits per heavy atom.